The van der Waals surface area contributed by atoms with Crippen molar-refractivity contribution in [1.82, 2.24) is 9.97 Å². The number of fused-ring (bicyclic) bond motifs is 1. The van der Waals surface area contributed by atoms with Crippen molar-refractivity contribution in [3.8, 4) is 22.8 Å². The van der Waals surface area contributed by atoms with Crippen LogP contribution in [-0.4, -0.2) is 37.1 Å². The summed E-state index contributed by atoms with van der Waals surface area (Å²) in [6.07, 6.45) is 0. The summed E-state index contributed by atoms with van der Waals surface area (Å²) in [6, 6.07) is 18.0. The Labute approximate surface area is 190 Å². The third-order valence-electron chi connectivity index (χ3n) is 4.94. The lowest BCUT2D eigenvalue weighted by molar-refractivity contribution is 0.102. The van der Waals surface area contributed by atoms with Crippen molar-refractivity contribution in [1.29, 1.82) is 0 Å². The van der Waals surface area contributed by atoms with Crippen LogP contribution in [0.2, 0.25) is 5.02 Å². The number of methoxy groups -OCH3 is 2. The first-order valence-corrected chi connectivity index (χ1v) is 10.2. The Morgan fingerprint density at radius 2 is 1.69 bits per heavy atom. The van der Waals surface area contributed by atoms with Gasteiger partial charge in [0.15, 0.2) is 11.5 Å². The number of carbonyl (C=O) groups excluding carboxylic acids is 1. The highest BCUT2D eigenvalue weighted by Crippen LogP contribution is 2.36. The first kappa shape index (κ1) is 21.4. The van der Waals surface area contributed by atoms with Gasteiger partial charge in [0.05, 0.1) is 36.0 Å². The van der Waals surface area contributed by atoms with Crippen molar-refractivity contribution < 1.29 is 14.3 Å². The molecule has 4 aromatic rings. The van der Waals surface area contributed by atoms with Gasteiger partial charge in [-0.05, 0) is 30.3 Å². The van der Waals surface area contributed by atoms with E-state index in [4.69, 9.17) is 21.1 Å². The molecule has 32 heavy (non-hydrogen) atoms. The maximum atomic E-state index is 12.7. The number of anilines is 2. The molecule has 4 rings (SSSR count). The number of rotatable bonds is 6. The van der Waals surface area contributed by atoms with Crippen molar-refractivity contribution >= 4 is 40.0 Å². The summed E-state index contributed by atoms with van der Waals surface area (Å²) in [4.78, 5) is 21.9. The fourth-order valence-corrected chi connectivity index (χ4v) is 3.60. The second-order valence-electron chi connectivity index (χ2n) is 6.88. The predicted molar refractivity (Wildman–Crippen MR) is 127 cm³/mol. The van der Waals surface area contributed by atoms with Crippen molar-refractivity contribution in [2.45, 2.75) is 0 Å². The number of benzene rings is 3. The summed E-state index contributed by atoms with van der Waals surface area (Å²) in [6.45, 7) is 0. The molecule has 1 heterocycles. The second-order valence-corrected chi connectivity index (χ2v) is 7.29. The third-order valence-corrected chi connectivity index (χ3v) is 5.27. The molecule has 0 atom stereocenters. The molecule has 1 aromatic heterocycles. The summed E-state index contributed by atoms with van der Waals surface area (Å²) in [5.74, 6) is 1.32. The van der Waals surface area contributed by atoms with Crippen LogP contribution in [0, 0.1) is 0 Å². The Kier molecular flexibility index (Phi) is 6.09. The molecule has 0 saturated carbocycles. The van der Waals surface area contributed by atoms with Crippen LogP contribution in [0.15, 0.2) is 60.7 Å². The first-order chi connectivity index (χ1) is 15.5. The zero-order chi connectivity index (χ0) is 22.7. The summed E-state index contributed by atoms with van der Waals surface area (Å²) < 4.78 is 10.9. The Morgan fingerprint density at radius 3 is 2.41 bits per heavy atom. The van der Waals surface area contributed by atoms with E-state index in [1.165, 1.54) is 0 Å². The predicted octanol–water partition coefficient (Wildman–Crippen LogP) is 5.26. The zero-order valence-electron chi connectivity index (χ0n) is 17.8. The lowest BCUT2D eigenvalue weighted by Crippen LogP contribution is -2.12. The SMILES string of the molecule is CNc1nc(-c2cccc(NC(=O)c3ccccc3Cl)c2)c2cc(OC)c(OC)cc2n1. The van der Waals surface area contributed by atoms with Gasteiger partial charge in [-0.3, -0.25) is 4.79 Å². The number of amides is 1. The highest BCUT2D eigenvalue weighted by Gasteiger charge is 2.16. The Hall–Kier alpha value is -3.84. The molecule has 0 aliphatic heterocycles. The van der Waals surface area contributed by atoms with Gasteiger partial charge in [0.1, 0.15) is 0 Å². The molecule has 7 nitrogen and oxygen atoms in total. The molecule has 0 saturated heterocycles. The highest BCUT2D eigenvalue weighted by atomic mass is 35.5. The van der Waals surface area contributed by atoms with Gasteiger partial charge in [-0.25, -0.2) is 9.97 Å². The maximum absolute atomic E-state index is 12.7. The molecule has 3 aromatic carbocycles. The average molecular weight is 449 g/mol. The van der Waals surface area contributed by atoms with Crippen LogP contribution in [0.4, 0.5) is 11.6 Å². The minimum absolute atomic E-state index is 0.289. The summed E-state index contributed by atoms with van der Waals surface area (Å²) in [5.41, 5.74) is 3.21. The molecule has 0 aliphatic carbocycles. The van der Waals surface area contributed by atoms with E-state index in [2.05, 4.69) is 20.6 Å². The number of halogens is 1. The van der Waals surface area contributed by atoms with Crippen molar-refractivity contribution in [2.75, 3.05) is 31.9 Å². The number of nitrogens with zero attached hydrogens (tertiary/aromatic N) is 2. The molecule has 2 N–H and O–H groups in total. The summed E-state index contributed by atoms with van der Waals surface area (Å²) in [5, 5.41) is 7.07. The average Bonchev–Trinajstić information content (AvgIpc) is 2.82. The van der Waals surface area contributed by atoms with E-state index in [1.807, 2.05) is 36.4 Å². The van der Waals surface area contributed by atoms with Gasteiger partial charge in [-0.2, -0.15) is 0 Å². The molecule has 0 spiro atoms. The lowest BCUT2D eigenvalue weighted by Gasteiger charge is -2.13. The molecule has 162 valence electrons. The Morgan fingerprint density at radius 1 is 0.938 bits per heavy atom. The number of hydrogen-bond donors (Lipinski definition) is 2. The Balaban J connectivity index is 1.79. The molecule has 0 unspecified atom stereocenters. The topological polar surface area (TPSA) is 85.4 Å². The smallest absolute Gasteiger partial charge is 0.257 e. The van der Waals surface area contributed by atoms with Crippen LogP contribution in [0.1, 0.15) is 10.4 Å². The van der Waals surface area contributed by atoms with Crippen LogP contribution in [0.3, 0.4) is 0 Å². The molecule has 8 heteroatoms. The van der Waals surface area contributed by atoms with Gasteiger partial charge in [-0.15, -0.1) is 0 Å². The minimum atomic E-state index is -0.289. The molecule has 1 amide bonds. The molecule has 0 aliphatic rings. The fourth-order valence-electron chi connectivity index (χ4n) is 3.38. The largest absolute Gasteiger partial charge is 0.493 e. The van der Waals surface area contributed by atoms with Gasteiger partial charge in [0.25, 0.3) is 5.91 Å². The standard InChI is InChI=1S/C24H21ClN4O3/c1-26-24-28-19-13-21(32-3)20(31-2)12-17(19)22(29-24)14-7-6-8-15(11-14)27-23(30)16-9-4-5-10-18(16)25/h4-13H,1-3H3,(H,27,30)(H,26,28,29). The summed E-state index contributed by atoms with van der Waals surface area (Å²) in [7, 11) is 4.92. The normalized spacial score (nSPS) is 10.6. The van der Waals surface area contributed by atoms with Crippen LogP contribution < -0.4 is 20.1 Å². The third kappa shape index (κ3) is 4.15. The highest BCUT2D eigenvalue weighted by molar-refractivity contribution is 6.34. The van der Waals surface area contributed by atoms with Crippen molar-refractivity contribution in [2.24, 2.45) is 0 Å². The number of nitrogens with one attached hydrogen (secondary N) is 2. The molecule has 0 bridgehead atoms. The monoisotopic (exact) mass is 448 g/mol. The van der Waals surface area contributed by atoms with Gasteiger partial charge in [0.2, 0.25) is 5.95 Å². The lowest BCUT2D eigenvalue weighted by atomic mass is 10.0. The second kappa shape index (κ2) is 9.11. The molecular formula is C24H21ClN4O3. The Bertz CT molecular complexity index is 1310. The van der Waals surface area contributed by atoms with Crippen LogP contribution in [0.25, 0.3) is 22.2 Å². The van der Waals surface area contributed by atoms with E-state index in [0.29, 0.717) is 44.9 Å². The first-order valence-electron chi connectivity index (χ1n) is 9.82. The summed E-state index contributed by atoms with van der Waals surface area (Å²) >= 11 is 6.16. The number of ether oxygens (including phenoxy) is 2. The van der Waals surface area contributed by atoms with Crippen LogP contribution >= 0.6 is 11.6 Å². The van der Waals surface area contributed by atoms with Gasteiger partial charge < -0.3 is 20.1 Å². The fraction of sp³-hybridized carbons (Fsp3) is 0.125. The van der Waals surface area contributed by atoms with Crippen LogP contribution in [-0.2, 0) is 0 Å². The molecule has 0 radical (unpaired) electrons. The molecule has 0 fully saturated rings. The number of hydrogen-bond acceptors (Lipinski definition) is 6. The molecular weight excluding hydrogens is 428 g/mol. The van der Waals surface area contributed by atoms with Gasteiger partial charge in [0, 0.05) is 29.8 Å². The van der Waals surface area contributed by atoms with E-state index in [9.17, 15) is 4.79 Å². The van der Waals surface area contributed by atoms with E-state index in [1.54, 1.807) is 45.5 Å². The number of carbonyl (C=O) groups is 1. The van der Waals surface area contributed by atoms with Crippen LogP contribution in [0.5, 0.6) is 11.5 Å². The minimum Gasteiger partial charge on any atom is -0.493 e. The van der Waals surface area contributed by atoms with Crippen molar-refractivity contribution in [3.05, 3.63) is 71.2 Å². The van der Waals surface area contributed by atoms with Crippen molar-refractivity contribution in [3.63, 3.8) is 0 Å². The van der Waals surface area contributed by atoms with E-state index < -0.39 is 0 Å². The maximum Gasteiger partial charge on any atom is 0.257 e. The quantitative estimate of drug-likeness (QED) is 0.418. The van der Waals surface area contributed by atoms with E-state index >= 15 is 0 Å². The zero-order valence-corrected chi connectivity index (χ0v) is 18.5. The van der Waals surface area contributed by atoms with E-state index in [-0.39, 0.29) is 5.91 Å². The number of aromatic nitrogens is 2. The van der Waals surface area contributed by atoms with E-state index in [0.717, 1.165) is 10.9 Å². The van der Waals surface area contributed by atoms with Gasteiger partial charge in [-0.1, -0.05) is 35.9 Å². The van der Waals surface area contributed by atoms with Gasteiger partial charge >= 0.3 is 0 Å².